The van der Waals surface area contributed by atoms with Crippen LogP contribution >= 0.6 is 0 Å². The van der Waals surface area contributed by atoms with Gasteiger partial charge in [-0.1, -0.05) is 29.8 Å². The van der Waals surface area contributed by atoms with E-state index in [1.807, 2.05) is 31.2 Å². The minimum absolute atomic E-state index is 0.171. The molecule has 2 aromatic rings. The van der Waals surface area contributed by atoms with Crippen molar-refractivity contribution >= 4 is 5.91 Å². The molecule has 0 atom stereocenters. The summed E-state index contributed by atoms with van der Waals surface area (Å²) in [6.07, 6.45) is 1.48. The molecule has 0 aliphatic rings. The molecule has 0 aliphatic heterocycles. The summed E-state index contributed by atoms with van der Waals surface area (Å²) in [6.45, 7) is 4.28. The van der Waals surface area contributed by atoms with E-state index in [9.17, 15) is 9.59 Å². The smallest absolute Gasteiger partial charge is 0.259 e. The Labute approximate surface area is 118 Å². The Bertz CT molecular complexity index is 672. The van der Waals surface area contributed by atoms with Crippen molar-refractivity contribution in [1.82, 2.24) is 9.88 Å². The fourth-order valence-electron chi connectivity index (χ4n) is 1.99. The molecule has 1 amide bonds. The fraction of sp³-hybridized carbons (Fsp3) is 0.250. The minimum Gasteiger partial charge on any atom is -0.364 e. The largest absolute Gasteiger partial charge is 0.364 e. The molecule has 0 radical (unpaired) electrons. The van der Waals surface area contributed by atoms with Gasteiger partial charge in [-0.15, -0.1) is 0 Å². The number of pyridine rings is 1. The summed E-state index contributed by atoms with van der Waals surface area (Å²) in [5.41, 5.74) is 2.88. The second kappa shape index (κ2) is 5.74. The van der Waals surface area contributed by atoms with Gasteiger partial charge in [0.25, 0.3) is 5.91 Å². The average Bonchev–Trinajstić information content (AvgIpc) is 2.40. The highest BCUT2D eigenvalue weighted by Crippen LogP contribution is 2.07. The van der Waals surface area contributed by atoms with Crippen molar-refractivity contribution in [1.29, 1.82) is 0 Å². The van der Waals surface area contributed by atoms with Gasteiger partial charge < -0.3 is 9.88 Å². The van der Waals surface area contributed by atoms with E-state index in [0.717, 1.165) is 11.3 Å². The van der Waals surface area contributed by atoms with Crippen molar-refractivity contribution in [2.24, 2.45) is 0 Å². The summed E-state index contributed by atoms with van der Waals surface area (Å²) in [5, 5.41) is 0. The monoisotopic (exact) mass is 270 g/mol. The molecule has 4 heteroatoms. The maximum atomic E-state index is 12.3. The lowest BCUT2D eigenvalue weighted by Crippen LogP contribution is -2.30. The van der Waals surface area contributed by atoms with Crippen LogP contribution in [0.4, 0.5) is 0 Å². The summed E-state index contributed by atoms with van der Waals surface area (Å²) in [5.74, 6) is -0.271. The molecular formula is C16H18N2O2. The Kier molecular flexibility index (Phi) is 4.03. The predicted molar refractivity (Wildman–Crippen MR) is 78.8 cm³/mol. The SMILES string of the molecule is Cc1ccc(CN(C)C(=O)c2c[nH]c(C)cc2=O)cc1. The molecule has 0 aliphatic carbocycles. The van der Waals surface area contributed by atoms with Gasteiger partial charge in [0, 0.05) is 31.5 Å². The lowest BCUT2D eigenvalue weighted by atomic mass is 10.1. The van der Waals surface area contributed by atoms with Crippen LogP contribution in [0.1, 0.15) is 27.2 Å². The van der Waals surface area contributed by atoms with E-state index >= 15 is 0 Å². The van der Waals surface area contributed by atoms with Crippen LogP contribution in [0.15, 0.2) is 41.3 Å². The molecule has 0 spiro atoms. The zero-order valence-corrected chi connectivity index (χ0v) is 11.9. The lowest BCUT2D eigenvalue weighted by Gasteiger charge is -2.17. The number of benzene rings is 1. The van der Waals surface area contributed by atoms with Crippen LogP contribution in [-0.4, -0.2) is 22.8 Å². The maximum absolute atomic E-state index is 12.3. The van der Waals surface area contributed by atoms with Gasteiger partial charge >= 0.3 is 0 Å². The first kappa shape index (κ1) is 14.1. The zero-order chi connectivity index (χ0) is 14.7. The number of carbonyl (C=O) groups is 1. The molecule has 0 fully saturated rings. The van der Waals surface area contributed by atoms with Gasteiger partial charge in [-0.25, -0.2) is 0 Å². The van der Waals surface area contributed by atoms with E-state index in [4.69, 9.17) is 0 Å². The molecular weight excluding hydrogens is 252 g/mol. The Morgan fingerprint density at radius 2 is 1.85 bits per heavy atom. The number of amides is 1. The van der Waals surface area contributed by atoms with E-state index in [1.165, 1.54) is 17.8 Å². The lowest BCUT2D eigenvalue weighted by molar-refractivity contribution is 0.0783. The Balaban J connectivity index is 2.16. The maximum Gasteiger partial charge on any atom is 0.259 e. The van der Waals surface area contributed by atoms with Crippen LogP contribution in [0.5, 0.6) is 0 Å². The topological polar surface area (TPSA) is 53.2 Å². The van der Waals surface area contributed by atoms with Gasteiger partial charge in [0.1, 0.15) is 5.56 Å². The second-order valence-electron chi connectivity index (χ2n) is 5.04. The molecule has 0 saturated carbocycles. The standard InChI is InChI=1S/C16H18N2O2/c1-11-4-6-13(7-5-11)10-18(3)16(20)14-9-17-12(2)8-15(14)19/h4-9H,10H2,1-3H3,(H,17,19). The van der Waals surface area contributed by atoms with Crippen LogP contribution < -0.4 is 5.43 Å². The average molecular weight is 270 g/mol. The molecule has 2 rings (SSSR count). The molecule has 104 valence electrons. The molecule has 1 aromatic carbocycles. The van der Waals surface area contributed by atoms with Gasteiger partial charge in [0.05, 0.1) is 0 Å². The summed E-state index contributed by atoms with van der Waals surface area (Å²) in [6, 6.07) is 9.42. The molecule has 0 saturated heterocycles. The van der Waals surface area contributed by atoms with Crippen LogP contribution in [0, 0.1) is 13.8 Å². The number of aromatic amines is 1. The summed E-state index contributed by atoms with van der Waals surface area (Å²) in [7, 11) is 1.70. The van der Waals surface area contributed by atoms with E-state index in [0.29, 0.717) is 6.54 Å². The van der Waals surface area contributed by atoms with Crippen LogP contribution in [0.3, 0.4) is 0 Å². The highest BCUT2D eigenvalue weighted by molar-refractivity contribution is 5.93. The number of hydrogen-bond acceptors (Lipinski definition) is 2. The van der Waals surface area contributed by atoms with Gasteiger partial charge in [-0.2, -0.15) is 0 Å². The summed E-state index contributed by atoms with van der Waals surface area (Å²) in [4.78, 5) is 28.5. The van der Waals surface area contributed by atoms with Crippen molar-refractivity contribution in [3.05, 3.63) is 69.1 Å². The van der Waals surface area contributed by atoms with Crippen molar-refractivity contribution in [2.45, 2.75) is 20.4 Å². The minimum atomic E-state index is -0.271. The Hall–Kier alpha value is -2.36. The first-order valence-electron chi connectivity index (χ1n) is 6.47. The van der Waals surface area contributed by atoms with Gasteiger partial charge in [-0.05, 0) is 19.4 Å². The fourth-order valence-corrected chi connectivity index (χ4v) is 1.99. The van der Waals surface area contributed by atoms with E-state index < -0.39 is 0 Å². The van der Waals surface area contributed by atoms with Crippen LogP contribution in [0.25, 0.3) is 0 Å². The molecule has 1 aromatic heterocycles. The third-order valence-electron chi connectivity index (χ3n) is 3.17. The van der Waals surface area contributed by atoms with Crippen molar-refractivity contribution in [2.75, 3.05) is 7.05 Å². The predicted octanol–water partition coefficient (Wildman–Crippen LogP) is 2.26. The van der Waals surface area contributed by atoms with Gasteiger partial charge in [0.2, 0.25) is 0 Å². The van der Waals surface area contributed by atoms with Crippen LogP contribution in [-0.2, 0) is 6.54 Å². The highest BCUT2D eigenvalue weighted by atomic mass is 16.2. The van der Waals surface area contributed by atoms with E-state index in [1.54, 1.807) is 18.9 Å². The van der Waals surface area contributed by atoms with Gasteiger partial charge in [0.15, 0.2) is 5.43 Å². The van der Waals surface area contributed by atoms with Crippen molar-refractivity contribution in [3.63, 3.8) is 0 Å². The quantitative estimate of drug-likeness (QED) is 0.930. The number of aryl methyl sites for hydroxylation is 2. The van der Waals surface area contributed by atoms with Crippen molar-refractivity contribution in [3.8, 4) is 0 Å². The molecule has 0 unspecified atom stereocenters. The molecule has 1 N–H and O–H groups in total. The molecule has 4 nitrogen and oxygen atoms in total. The first-order chi connectivity index (χ1) is 9.47. The Morgan fingerprint density at radius 1 is 1.20 bits per heavy atom. The molecule has 0 bridgehead atoms. The highest BCUT2D eigenvalue weighted by Gasteiger charge is 2.15. The second-order valence-corrected chi connectivity index (χ2v) is 5.04. The molecule has 1 heterocycles. The third-order valence-corrected chi connectivity index (χ3v) is 3.17. The van der Waals surface area contributed by atoms with Gasteiger partial charge in [-0.3, -0.25) is 9.59 Å². The first-order valence-corrected chi connectivity index (χ1v) is 6.47. The number of carbonyl (C=O) groups excluding carboxylic acids is 1. The normalized spacial score (nSPS) is 10.3. The van der Waals surface area contributed by atoms with Crippen molar-refractivity contribution < 1.29 is 4.79 Å². The summed E-state index contributed by atoms with van der Waals surface area (Å²) >= 11 is 0. The number of nitrogens with zero attached hydrogens (tertiary/aromatic N) is 1. The number of aromatic nitrogens is 1. The number of hydrogen-bond donors (Lipinski definition) is 1. The third kappa shape index (κ3) is 3.15. The molecule has 20 heavy (non-hydrogen) atoms. The van der Waals surface area contributed by atoms with E-state index in [-0.39, 0.29) is 16.9 Å². The summed E-state index contributed by atoms with van der Waals surface area (Å²) < 4.78 is 0. The number of H-pyrrole nitrogens is 1. The number of nitrogens with one attached hydrogen (secondary N) is 1. The zero-order valence-electron chi connectivity index (χ0n) is 11.9. The van der Waals surface area contributed by atoms with Crippen LogP contribution in [0.2, 0.25) is 0 Å². The van der Waals surface area contributed by atoms with E-state index in [2.05, 4.69) is 4.98 Å². The Morgan fingerprint density at radius 3 is 2.45 bits per heavy atom. The number of rotatable bonds is 3.